The van der Waals surface area contributed by atoms with Crippen LogP contribution in [-0.2, 0) is 0 Å². The van der Waals surface area contributed by atoms with Crippen molar-refractivity contribution in [3.8, 4) is 5.75 Å². The van der Waals surface area contributed by atoms with Gasteiger partial charge in [0.05, 0.1) is 5.69 Å². The number of hydrogen-bond acceptors (Lipinski definition) is 4. The second kappa shape index (κ2) is 6.46. The van der Waals surface area contributed by atoms with Crippen LogP contribution in [0.25, 0.3) is 0 Å². The van der Waals surface area contributed by atoms with Gasteiger partial charge in [-0.1, -0.05) is 12.1 Å². The number of piperazine rings is 1. The number of anilines is 1. The van der Waals surface area contributed by atoms with Crippen molar-refractivity contribution in [3.05, 3.63) is 24.3 Å². The second-order valence-corrected chi connectivity index (χ2v) is 5.85. The Kier molecular flexibility index (Phi) is 4.43. The Labute approximate surface area is 121 Å². The molecule has 0 aliphatic carbocycles. The van der Waals surface area contributed by atoms with Crippen LogP contribution in [-0.4, -0.2) is 57.3 Å². The molecule has 4 heteroatoms. The fourth-order valence-electron chi connectivity index (χ4n) is 3.12. The van der Waals surface area contributed by atoms with E-state index in [1.165, 1.54) is 25.1 Å². The van der Waals surface area contributed by atoms with E-state index >= 15 is 0 Å². The van der Waals surface area contributed by atoms with E-state index in [1.807, 2.05) is 0 Å². The van der Waals surface area contributed by atoms with Crippen LogP contribution in [0, 0.1) is 0 Å². The van der Waals surface area contributed by atoms with Gasteiger partial charge in [0.25, 0.3) is 0 Å². The van der Waals surface area contributed by atoms with Crippen LogP contribution in [0.3, 0.4) is 0 Å². The lowest BCUT2D eigenvalue weighted by Gasteiger charge is -2.34. The number of nitrogens with zero attached hydrogens (tertiary/aromatic N) is 2. The first kappa shape index (κ1) is 13.7. The summed E-state index contributed by atoms with van der Waals surface area (Å²) in [4.78, 5) is 4.79. The minimum atomic E-state index is 0.331. The minimum Gasteiger partial charge on any atom is -0.487 e. The Morgan fingerprint density at radius 1 is 1.15 bits per heavy atom. The molecule has 0 unspecified atom stereocenters. The summed E-state index contributed by atoms with van der Waals surface area (Å²) >= 11 is 0. The summed E-state index contributed by atoms with van der Waals surface area (Å²) < 4.78 is 6.31. The zero-order chi connectivity index (χ0) is 13.8. The predicted octanol–water partition coefficient (Wildman–Crippen LogP) is 1.57. The number of benzene rings is 1. The Morgan fingerprint density at radius 2 is 1.95 bits per heavy atom. The van der Waals surface area contributed by atoms with Crippen LogP contribution in [0.1, 0.15) is 12.8 Å². The fourth-order valence-corrected chi connectivity index (χ4v) is 3.12. The standard InChI is InChI=1S/C16H25N3O/c1-18-10-4-5-14(13-18)20-16-7-3-2-6-15(16)19-11-8-17-9-12-19/h2-3,6-7,14,17H,4-5,8-13H2,1H3/t14-/m0/s1. The van der Waals surface area contributed by atoms with Gasteiger partial charge in [0, 0.05) is 32.7 Å². The van der Waals surface area contributed by atoms with E-state index in [0.717, 1.165) is 38.5 Å². The highest BCUT2D eigenvalue weighted by Gasteiger charge is 2.21. The van der Waals surface area contributed by atoms with E-state index in [-0.39, 0.29) is 0 Å². The van der Waals surface area contributed by atoms with Gasteiger partial charge in [-0.05, 0) is 38.6 Å². The summed E-state index contributed by atoms with van der Waals surface area (Å²) in [5, 5.41) is 3.40. The number of nitrogens with one attached hydrogen (secondary N) is 1. The molecule has 2 aliphatic heterocycles. The van der Waals surface area contributed by atoms with Crippen LogP contribution in [0.15, 0.2) is 24.3 Å². The SMILES string of the molecule is CN1CCC[C@H](Oc2ccccc2N2CCNCC2)C1. The molecular formula is C16H25N3O. The molecule has 0 aromatic heterocycles. The monoisotopic (exact) mass is 275 g/mol. The van der Waals surface area contributed by atoms with E-state index in [9.17, 15) is 0 Å². The molecule has 0 spiro atoms. The first-order valence-corrected chi connectivity index (χ1v) is 7.73. The van der Waals surface area contributed by atoms with Crippen molar-refractivity contribution in [1.29, 1.82) is 0 Å². The lowest BCUT2D eigenvalue weighted by atomic mass is 10.1. The van der Waals surface area contributed by atoms with Crippen molar-refractivity contribution in [2.45, 2.75) is 18.9 Å². The maximum Gasteiger partial charge on any atom is 0.143 e. The zero-order valence-corrected chi connectivity index (χ0v) is 12.3. The van der Waals surface area contributed by atoms with Gasteiger partial charge < -0.3 is 19.9 Å². The van der Waals surface area contributed by atoms with Gasteiger partial charge in [-0.25, -0.2) is 0 Å². The van der Waals surface area contributed by atoms with Gasteiger partial charge in [0.2, 0.25) is 0 Å². The number of likely N-dealkylation sites (N-methyl/N-ethyl adjacent to an activating group) is 1. The molecule has 3 rings (SSSR count). The average Bonchev–Trinajstić information content (AvgIpc) is 2.49. The minimum absolute atomic E-state index is 0.331. The largest absolute Gasteiger partial charge is 0.487 e. The maximum absolute atomic E-state index is 6.31. The Balaban J connectivity index is 1.71. The van der Waals surface area contributed by atoms with Gasteiger partial charge in [-0.2, -0.15) is 0 Å². The van der Waals surface area contributed by atoms with Crippen LogP contribution in [0.2, 0.25) is 0 Å². The number of ether oxygens (including phenoxy) is 1. The van der Waals surface area contributed by atoms with Gasteiger partial charge in [-0.15, -0.1) is 0 Å². The number of para-hydroxylation sites is 2. The zero-order valence-electron chi connectivity index (χ0n) is 12.3. The molecule has 4 nitrogen and oxygen atoms in total. The fraction of sp³-hybridized carbons (Fsp3) is 0.625. The maximum atomic E-state index is 6.31. The molecule has 0 amide bonds. The predicted molar refractivity (Wildman–Crippen MR) is 82.7 cm³/mol. The topological polar surface area (TPSA) is 27.7 Å². The van der Waals surface area contributed by atoms with Crippen molar-refractivity contribution in [2.75, 3.05) is 51.2 Å². The molecule has 2 saturated heterocycles. The van der Waals surface area contributed by atoms with Gasteiger partial charge in [0.15, 0.2) is 0 Å². The highest BCUT2D eigenvalue weighted by molar-refractivity contribution is 5.58. The Hall–Kier alpha value is -1.26. The third-order valence-corrected chi connectivity index (χ3v) is 4.20. The molecule has 0 radical (unpaired) electrons. The van der Waals surface area contributed by atoms with Crippen LogP contribution in [0.5, 0.6) is 5.75 Å². The summed E-state index contributed by atoms with van der Waals surface area (Å²) in [5.74, 6) is 1.05. The quantitative estimate of drug-likeness (QED) is 0.906. The number of rotatable bonds is 3. The molecular weight excluding hydrogens is 250 g/mol. The van der Waals surface area contributed by atoms with E-state index in [1.54, 1.807) is 0 Å². The smallest absolute Gasteiger partial charge is 0.143 e. The summed E-state index contributed by atoms with van der Waals surface area (Å²) in [6, 6.07) is 8.49. The Morgan fingerprint density at radius 3 is 2.75 bits per heavy atom. The molecule has 2 fully saturated rings. The number of piperidine rings is 1. The van der Waals surface area contributed by atoms with Crippen molar-refractivity contribution in [1.82, 2.24) is 10.2 Å². The van der Waals surface area contributed by atoms with Crippen LogP contribution in [0.4, 0.5) is 5.69 Å². The summed E-state index contributed by atoms with van der Waals surface area (Å²) in [7, 11) is 2.18. The number of hydrogen-bond donors (Lipinski definition) is 1. The van der Waals surface area contributed by atoms with E-state index in [0.29, 0.717) is 6.10 Å². The summed E-state index contributed by atoms with van der Waals surface area (Å²) in [6.45, 7) is 6.46. The van der Waals surface area contributed by atoms with Crippen molar-refractivity contribution >= 4 is 5.69 Å². The third kappa shape index (κ3) is 3.25. The molecule has 1 N–H and O–H groups in total. The summed E-state index contributed by atoms with van der Waals surface area (Å²) in [5.41, 5.74) is 1.25. The van der Waals surface area contributed by atoms with E-state index < -0.39 is 0 Å². The normalized spacial score (nSPS) is 24.6. The highest BCUT2D eigenvalue weighted by atomic mass is 16.5. The van der Waals surface area contributed by atoms with Crippen LogP contribution >= 0.6 is 0 Å². The number of likely N-dealkylation sites (tertiary alicyclic amines) is 1. The molecule has 1 aromatic carbocycles. The molecule has 0 saturated carbocycles. The first-order chi connectivity index (χ1) is 9.83. The molecule has 2 heterocycles. The second-order valence-electron chi connectivity index (χ2n) is 5.85. The van der Waals surface area contributed by atoms with Crippen LogP contribution < -0.4 is 15.0 Å². The van der Waals surface area contributed by atoms with E-state index in [2.05, 4.69) is 46.4 Å². The Bertz CT molecular complexity index is 431. The van der Waals surface area contributed by atoms with Crippen molar-refractivity contribution < 1.29 is 4.74 Å². The third-order valence-electron chi connectivity index (χ3n) is 4.20. The first-order valence-electron chi connectivity index (χ1n) is 7.73. The molecule has 2 aliphatic rings. The molecule has 1 aromatic rings. The van der Waals surface area contributed by atoms with E-state index in [4.69, 9.17) is 4.74 Å². The molecule has 20 heavy (non-hydrogen) atoms. The highest BCUT2D eigenvalue weighted by Crippen LogP contribution is 2.30. The van der Waals surface area contributed by atoms with Gasteiger partial charge in [-0.3, -0.25) is 0 Å². The lowest BCUT2D eigenvalue weighted by Crippen LogP contribution is -2.44. The molecule has 1 atom stereocenters. The van der Waals surface area contributed by atoms with Crippen molar-refractivity contribution in [3.63, 3.8) is 0 Å². The lowest BCUT2D eigenvalue weighted by molar-refractivity contribution is 0.104. The molecule has 110 valence electrons. The summed E-state index contributed by atoms with van der Waals surface area (Å²) in [6.07, 6.45) is 2.73. The average molecular weight is 275 g/mol. The van der Waals surface area contributed by atoms with Gasteiger partial charge >= 0.3 is 0 Å². The van der Waals surface area contributed by atoms with Crippen molar-refractivity contribution in [2.24, 2.45) is 0 Å². The molecule has 0 bridgehead atoms. The van der Waals surface area contributed by atoms with Gasteiger partial charge in [0.1, 0.15) is 11.9 Å².